The first-order chi connectivity index (χ1) is 5.27. The second kappa shape index (κ2) is 7.94. The lowest BCUT2D eigenvalue weighted by Gasteiger charge is -2.06. The fraction of sp³-hybridized carbons (Fsp3) is 1.00. The van der Waals surface area contributed by atoms with E-state index in [1.165, 1.54) is 12.8 Å². The highest BCUT2D eigenvalue weighted by molar-refractivity contribution is 4.50. The molecule has 0 unspecified atom stereocenters. The van der Waals surface area contributed by atoms with Crippen molar-refractivity contribution in [3.8, 4) is 0 Å². The van der Waals surface area contributed by atoms with Crippen LogP contribution < -0.4 is 22.5 Å². The van der Waals surface area contributed by atoms with Gasteiger partial charge in [-0.15, -0.1) is 0 Å². The van der Waals surface area contributed by atoms with E-state index >= 15 is 0 Å². The molecule has 0 rings (SSSR count). The lowest BCUT2D eigenvalue weighted by atomic mass is 10.2. The largest absolute Gasteiger partial charge is 0.330 e. The minimum Gasteiger partial charge on any atom is -0.330 e. The van der Waals surface area contributed by atoms with Gasteiger partial charge in [0.05, 0.1) is 0 Å². The van der Waals surface area contributed by atoms with Crippen molar-refractivity contribution < 1.29 is 0 Å². The second-order valence-electron chi connectivity index (χ2n) is 2.68. The Balaban J connectivity index is 2.80. The minimum absolute atomic E-state index is 0.371. The zero-order valence-corrected chi connectivity index (χ0v) is 7.05. The number of rotatable bonds is 7. The molecule has 0 amide bonds. The molecule has 0 aliphatic rings. The maximum Gasteiger partial charge on any atom is 0.106 e. The van der Waals surface area contributed by atoms with Crippen molar-refractivity contribution in [1.82, 2.24) is 5.32 Å². The average molecular weight is 160 g/mol. The summed E-state index contributed by atoms with van der Waals surface area (Å²) in [5.74, 6) is 0. The van der Waals surface area contributed by atoms with E-state index in [1.807, 2.05) is 0 Å². The molecule has 11 heavy (non-hydrogen) atoms. The highest BCUT2D eigenvalue weighted by Gasteiger charge is 1.91. The van der Waals surface area contributed by atoms with E-state index in [0.717, 1.165) is 25.9 Å². The Bertz CT molecular complexity index is 74.8. The molecule has 0 saturated carbocycles. The van der Waals surface area contributed by atoms with E-state index in [1.54, 1.807) is 0 Å². The van der Waals surface area contributed by atoms with Gasteiger partial charge in [0.2, 0.25) is 0 Å². The third kappa shape index (κ3) is 9.84. The molecule has 0 aliphatic heterocycles. The van der Waals surface area contributed by atoms with Crippen LogP contribution in [0, 0.1) is 0 Å². The van der Waals surface area contributed by atoms with E-state index in [-0.39, 0.29) is 6.29 Å². The highest BCUT2D eigenvalue weighted by Crippen LogP contribution is 1.96. The van der Waals surface area contributed by atoms with E-state index in [0.29, 0.717) is 0 Å². The fourth-order valence-corrected chi connectivity index (χ4v) is 0.892. The van der Waals surface area contributed by atoms with Crippen LogP contribution in [-0.2, 0) is 0 Å². The lowest BCUT2D eigenvalue weighted by Crippen LogP contribution is -2.45. The Labute approximate surface area is 68.5 Å². The fourth-order valence-electron chi connectivity index (χ4n) is 0.892. The second-order valence-corrected chi connectivity index (χ2v) is 2.68. The van der Waals surface area contributed by atoms with Crippen LogP contribution in [0.5, 0.6) is 0 Å². The summed E-state index contributed by atoms with van der Waals surface area (Å²) < 4.78 is 0. The van der Waals surface area contributed by atoms with Crippen molar-refractivity contribution in [3.05, 3.63) is 0 Å². The molecule has 0 heterocycles. The topological polar surface area (TPSA) is 90.1 Å². The number of nitrogens with one attached hydrogen (secondary N) is 1. The molecule has 7 N–H and O–H groups in total. The smallest absolute Gasteiger partial charge is 0.106 e. The van der Waals surface area contributed by atoms with Gasteiger partial charge in [0, 0.05) is 0 Å². The van der Waals surface area contributed by atoms with Gasteiger partial charge < -0.3 is 17.2 Å². The molecule has 0 saturated heterocycles. The van der Waals surface area contributed by atoms with Crippen LogP contribution >= 0.6 is 0 Å². The number of hydrogen-bond acceptors (Lipinski definition) is 4. The van der Waals surface area contributed by atoms with Crippen molar-refractivity contribution in [2.75, 3.05) is 13.1 Å². The van der Waals surface area contributed by atoms with Crippen LogP contribution in [0.15, 0.2) is 0 Å². The summed E-state index contributed by atoms with van der Waals surface area (Å²) in [6.45, 7) is 1.70. The molecule has 0 aliphatic carbocycles. The molecular formula is C7H20N4. The van der Waals surface area contributed by atoms with Gasteiger partial charge in [-0.3, -0.25) is 5.32 Å². The standard InChI is InChI=1S/C7H20N4/c8-5-3-1-2-4-6-11-7(9)10/h7,11H,1-6,8-10H2. The number of hydrogen-bond donors (Lipinski definition) is 4. The zero-order valence-electron chi connectivity index (χ0n) is 7.05. The summed E-state index contributed by atoms with van der Waals surface area (Å²) in [7, 11) is 0. The van der Waals surface area contributed by atoms with Gasteiger partial charge in [-0.2, -0.15) is 0 Å². The van der Waals surface area contributed by atoms with Crippen molar-refractivity contribution in [2.45, 2.75) is 32.0 Å². The predicted octanol–water partition coefficient (Wildman–Crippen LogP) is -0.704. The summed E-state index contributed by atoms with van der Waals surface area (Å²) in [4.78, 5) is 0. The van der Waals surface area contributed by atoms with E-state index in [2.05, 4.69) is 5.32 Å². The van der Waals surface area contributed by atoms with Crippen LogP contribution in [-0.4, -0.2) is 19.4 Å². The van der Waals surface area contributed by atoms with Crippen molar-refractivity contribution in [3.63, 3.8) is 0 Å². The average Bonchev–Trinajstić information content (AvgIpc) is 1.96. The lowest BCUT2D eigenvalue weighted by molar-refractivity contribution is 0.515. The van der Waals surface area contributed by atoms with Crippen molar-refractivity contribution in [1.29, 1.82) is 0 Å². The minimum atomic E-state index is -0.371. The van der Waals surface area contributed by atoms with Crippen molar-refractivity contribution in [2.24, 2.45) is 17.2 Å². The molecule has 0 spiro atoms. The maximum atomic E-state index is 5.34. The van der Waals surface area contributed by atoms with E-state index in [4.69, 9.17) is 17.2 Å². The summed E-state index contributed by atoms with van der Waals surface area (Å²) in [5.41, 5.74) is 15.9. The zero-order chi connectivity index (χ0) is 8.53. The van der Waals surface area contributed by atoms with Gasteiger partial charge in [-0.05, 0) is 25.9 Å². The first-order valence-corrected chi connectivity index (χ1v) is 4.22. The third-order valence-corrected chi connectivity index (χ3v) is 1.51. The normalized spacial score (nSPS) is 10.9. The molecular weight excluding hydrogens is 140 g/mol. The molecule has 4 heteroatoms. The molecule has 0 aromatic rings. The summed E-state index contributed by atoms with van der Waals surface area (Å²) in [6.07, 6.45) is 4.29. The van der Waals surface area contributed by atoms with Gasteiger partial charge in [0.1, 0.15) is 6.29 Å². The molecule has 0 atom stereocenters. The summed E-state index contributed by atoms with van der Waals surface area (Å²) in [5, 5.41) is 2.95. The molecule has 0 radical (unpaired) electrons. The van der Waals surface area contributed by atoms with Gasteiger partial charge >= 0.3 is 0 Å². The van der Waals surface area contributed by atoms with Crippen LogP contribution in [0.3, 0.4) is 0 Å². The Morgan fingerprint density at radius 2 is 1.64 bits per heavy atom. The summed E-state index contributed by atoms with van der Waals surface area (Å²) >= 11 is 0. The van der Waals surface area contributed by atoms with Crippen LogP contribution in [0.4, 0.5) is 0 Å². The van der Waals surface area contributed by atoms with Crippen LogP contribution in [0.2, 0.25) is 0 Å². The Morgan fingerprint density at radius 3 is 2.18 bits per heavy atom. The van der Waals surface area contributed by atoms with Crippen molar-refractivity contribution >= 4 is 0 Å². The number of nitrogens with two attached hydrogens (primary N) is 3. The van der Waals surface area contributed by atoms with Gasteiger partial charge in [-0.25, -0.2) is 0 Å². The molecule has 0 aromatic heterocycles. The van der Waals surface area contributed by atoms with Crippen LogP contribution in [0.1, 0.15) is 25.7 Å². The monoisotopic (exact) mass is 160 g/mol. The first kappa shape index (κ1) is 10.8. The Hall–Kier alpha value is -0.160. The maximum absolute atomic E-state index is 5.34. The van der Waals surface area contributed by atoms with Gasteiger partial charge in [-0.1, -0.05) is 12.8 Å². The Morgan fingerprint density at radius 1 is 1.00 bits per heavy atom. The van der Waals surface area contributed by atoms with E-state index in [9.17, 15) is 0 Å². The SMILES string of the molecule is NCCCCCCNC(N)N. The molecule has 0 bridgehead atoms. The van der Waals surface area contributed by atoms with E-state index < -0.39 is 0 Å². The molecule has 0 aromatic carbocycles. The quantitative estimate of drug-likeness (QED) is 0.293. The number of unbranched alkanes of at least 4 members (excludes halogenated alkanes) is 3. The molecule has 4 nitrogen and oxygen atoms in total. The highest BCUT2D eigenvalue weighted by atomic mass is 15.1. The van der Waals surface area contributed by atoms with Crippen LogP contribution in [0.25, 0.3) is 0 Å². The van der Waals surface area contributed by atoms with Gasteiger partial charge in [0.25, 0.3) is 0 Å². The predicted molar refractivity (Wildman–Crippen MR) is 47.7 cm³/mol. The Kier molecular flexibility index (Phi) is 7.83. The molecule has 0 fully saturated rings. The van der Waals surface area contributed by atoms with Gasteiger partial charge in [0.15, 0.2) is 0 Å². The first-order valence-electron chi connectivity index (χ1n) is 4.22. The third-order valence-electron chi connectivity index (χ3n) is 1.51. The summed E-state index contributed by atoms with van der Waals surface area (Å²) in [6, 6.07) is 0. The molecule has 68 valence electrons.